The van der Waals surface area contributed by atoms with E-state index in [0.717, 1.165) is 31.4 Å². The topological polar surface area (TPSA) is 12.0 Å². The van der Waals surface area contributed by atoms with E-state index in [9.17, 15) is 8.78 Å². The maximum Gasteiger partial charge on any atom is 0.129 e. The van der Waals surface area contributed by atoms with Crippen molar-refractivity contribution in [1.82, 2.24) is 5.32 Å². The molecule has 0 heterocycles. The molecule has 0 fully saturated rings. The zero-order valence-corrected chi connectivity index (χ0v) is 11.8. The quantitative estimate of drug-likeness (QED) is 0.695. The molecule has 0 saturated carbocycles. The molecular formula is C16H23F2N. The van der Waals surface area contributed by atoms with E-state index in [-0.39, 0.29) is 11.6 Å². The third-order valence-corrected chi connectivity index (χ3v) is 3.23. The van der Waals surface area contributed by atoms with E-state index in [0.29, 0.717) is 6.42 Å². The summed E-state index contributed by atoms with van der Waals surface area (Å²) >= 11 is 0. The summed E-state index contributed by atoms with van der Waals surface area (Å²) in [6.45, 7) is 8.94. The van der Waals surface area contributed by atoms with Gasteiger partial charge in [0.1, 0.15) is 11.6 Å². The minimum atomic E-state index is -0.467. The number of halogens is 2. The Bertz CT molecular complexity index is 395. The maximum absolute atomic E-state index is 13.7. The van der Waals surface area contributed by atoms with Gasteiger partial charge in [-0.25, -0.2) is 8.78 Å². The molecule has 0 saturated heterocycles. The Kier molecular flexibility index (Phi) is 6.71. The van der Waals surface area contributed by atoms with Gasteiger partial charge in [-0.05, 0) is 44.4 Å². The van der Waals surface area contributed by atoms with E-state index in [1.165, 1.54) is 18.2 Å². The zero-order valence-electron chi connectivity index (χ0n) is 11.8. The van der Waals surface area contributed by atoms with Crippen molar-refractivity contribution in [2.75, 3.05) is 6.54 Å². The Labute approximate surface area is 114 Å². The van der Waals surface area contributed by atoms with Gasteiger partial charge >= 0.3 is 0 Å². The molecule has 1 rings (SSSR count). The number of hydrogen-bond donors (Lipinski definition) is 1. The van der Waals surface area contributed by atoms with Gasteiger partial charge in [-0.3, -0.25) is 0 Å². The highest BCUT2D eigenvalue weighted by atomic mass is 19.1. The van der Waals surface area contributed by atoms with Crippen molar-refractivity contribution in [3.05, 3.63) is 47.5 Å². The van der Waals surface area contributed by atoms with E-state index in [2.05, 4.69) is 18.8 Å². The van der Waals surface area contributed by atoms with Gasteiger partial charge in [-0.2, -0.15) is 0 Å². The summed E-state index contributed by atoms with van der Waals surface area (Å²) in [7, 11) is 0. The monoisotopic (exact) mass is 267 g/mol. The van der Waals surface area contributed by atoms with Crippen LogP contribution >= 0.6 is 0 Å². The second-order valence-electron chi connectivity index (χ2n) is 4.86. The highest BCUT2D eigenvalue weighted by Gasteiger charge is 2.15. The summed E-state index contributed by atoms with van der Waals surface area (Å²) in [6, 6.07) is 4.06. The lowest BCUT2D eigenvalue weighted by atomic mass is 9.97. The Hall–Kier alpha value is -1.22. The summed E-state index contributed by atoms with van der Waals surface area (Å²) in [4.78, 5) is 0. The van der Waals surface area contributed by atoms with Crippen LogP contribution in [0.5, 0.6) is 0 Å². The van der Waals surface area contributed by atoms with Gasteiger partial charge in [0.25, 0.3) is 0 Å². The fourth-order valence-corrected chi connectivity index (χ4v) is 2.03. The third kappa shape index (κ3) is 5.11. The van der Waals surface area contributed by atoms with E-state index in [4.69, 9.17) is 0 Å². The molecule has 0 amide bonds. The molecule has 3 heteroatoms. The van der Waals surface area contributed by atoms with Crippen LogP contribution < -0.4 is 5.32 Å². The first-order chi connectivity index (χ1) is 9.08. The van der Waals surface area contributed by atoms with Crippen molar-refractivity contribution >= 4 is 0 Å². The molecule has 1 nitrogen and oxygen atoms in total. The Morgan fingerprint density at radius 1 is 1.26 bits per heavy atom. The van der Waals surface area contributed by atoms with Crippen LogP contribution in [0, 0.1) is 11.6 Å². The summed E-state index contributed by atoms with van der Waals surface area (Å²) < 4.78 is 27.3. The molecule has 1 N–H and O–H groups in total. The van der Waals surface area contributed by atoms with Gasteiger partial charge in [-0.1, -0.05) is 32.1 Å². The largest absolute Gasteiger partial charge is 0.313 e. The average Bonchev–Trinajstić information content (AvgIpc) is 2.39. The van der Waals surface area contributed by atoms with Crippen LogP contribution in [-0.4, -0.2) is 12.6 Å². The van der Waals surface area contributed by atoms with Crippen LogP contribution in [0.25, 0.3) is 0 Å². The molecule has 1 unspecified atom stereocenters. The highest BCUT2D eigenvalue weighted by Crippen LogP contribution is 2.17. The molecule has 1 aromatic carbocycles. The number of rotatable bonds is 8. The van der Waals surface area contributed by atoms with Crippen molar-refractivity contribution in [3.8, 4) is 0 Å². The van der Waals surface area contributed by atoms with E-state index in [1.54, 1.807) is 0 Å². The first-order valence-electron chi connectivity index (χ1n) is 6.91. The molecule has 0 bridgehead atoms. The van der Waals surface area contributed by atoms with E-state index in [1.807, 2.05) is 6.92 Å². The van der Waals surface area contributed by atoms with Crippen molar-refractivity contribution in [1.29, 1.82) is 0 Å². The highest BCUT2D eigenvalue weighted by molar-refractivity contribution is 5.21. The van der Waals surface area contributed by atoms with Crippen molar-refractivity contribution in [3.63, 3.8) is 0 Å². The molecule has 0 spiro atoms. The molecule has 1 aromatic rings. The summed E-state index contributed by atoms with van der Waals surface area (Å²) in [6.07, 6.45) is 3.00. The van der Waals surface area contributed by atoms with Crippen molar-refractivity contribution < 1.29 is 8.78 Å². The second-order valence-corrected chi connectivity index (χ2v) is 4.86. The molecule has 1 atom stereocenters. The number of benzene rings is 1. The molecule has 0 aliphatic carbocycles. The van der Waals surface area contributed by atoms with E-state index >= 15 is 0 Å². The van der Waals surface area contributed by atoms with Crippen LogP contribution in [0.3, 0.4) is 0 Å². The van der Waals surface area contributed by atoms with Crippen LogP contribution in [-0.2, 0) is 6.42 Å². The fraction of sp³-hybridized carbons (Fsp3) is 0.500. The Morgan fingerprint density at radius 2 is 1.89 bits per heavy atom. The van der Waals surface area contributed by atoms with Crippen molar-refractivity contribution in [2.24, 2.45) is 0 Å². The molecule has 0 radical (unpaired) electrons. The van der Waals surface area contributed by atoms with Gasteiger partial charge in [0.05, 0.1) is 0 Å². The lowest BCUT2D eigenvalue weighted by Crippen LogP contribution is -2.32. The summed E-state index contributed by atoms with van der Waals surface area (Å²) in [5, 5.41) is 3.34. The van der Waals surface area contributed by atoms with Gasteiger partial charge in [0, 0.05) is 11.6 Å². The van der Waals surface area contributed by atoms with Crippen LogP contribution in [0.15, 0.2) is 30.4 Å². The van der Waals surface area contributed by atoms with Gasteiger partial charge < -0.3 is 5.32 Å². The molecule has 0 aliphatic heterocycles. The molecule has 106 valence electrons. The lowest BCUT2D eigenvalue weighted by molar-refractivity contribution is 0.471. The number of nitrogens with one attached hydrogen (secondary N) is 1. The molecule has 0 aliphatic rings. The van der Waals surface area contributed by atoms with E-state index < -0.39 is 11.6 Å². The summed E-state index contributed by atoms with van der Waals surface area (Å²) in [5.41, 5.74) is 1.27. The van der Waals surface area contributed by atoms with Crippen LogP contribution in [0.4, 0.5) is 8.78 Å². The second kappa shape index (κ2) is 8.05. The molecule has 19 heavy (non-hydrogen) atoms. The Morgan fingerprint density at radius 3 is 2.42 bits per heavy atom. The normalized spacial score (nSPS) is 12.4. The average molecular weight is 267 g/mol. The number of hydrogen-bond acceptors (Lipinski definition) is 1. The molecule has 0 aromatic heterocycles. The predicted octanol–water partition coefficient (Wildman–Crippen LogP) is 4.23. The van der Waals surface area contributed by atoms with Crippen LogP contribution in [0.1, 0.15) is 38.7 Å². The van der Waals surface area contributed by atoms with Gasteiger partial charge in [-0.15, -0.1) is 0 Å². The van der Waals surface area contributed by atoms with Gasteiger partial charge in [0.15, 0.2) is 0 Å². The lowest BCUT2D eigenvalue weighted by Gasteiger charge is -2.20. The third-order valence-electron chi connectivity index (χ3n) is 3.23. The SMILES string of the molecule is C=C(CC)CC(Cc1c(F)cccc1F)NCCC. The van der Waals surface area contributed by atoms with Gasteiger partial charge in [0.2, 0.25) is 0 Å². The maximum atomic E-state index is 13.7. The standard InChI is InChI=1S/C16H23F2N/c1-4-9-19-13(10-12(3)5-2)11-14-15(17)7-6-8-16(14)18/h6-8,13,19H,3-5,9-11H2,1-2H3. The first kappa shape index (κ1) is 15.8. The minimum Gasteiger partial charge on any atom is -0.313 e. The van der Waals surface area contributed by atoms with Crippen LogP contribution in [0.2, 0.25) is 0 Å². The first-order valence-corrected chi connectivity index (χ1v) is 6.91. The molecular weight excluding hydrogens is 244 g/mol. The summed E-state index contributed by atoms with van der Waals surface area (Å²) in [5.74, 6) is -0.934. The Balaban J connectivity index is 2.78. The smallest absolute Gasteiger partial charge is 0.129 e. The zero-order chi connectivity index (χ0) is 14.3. The minimum absolute atomic E-state index is 0.0406. The van der Waals surface area contributed by atoms with Crippen molar-refractivity contribution in [2.45, 2.75) is 45.6 Å². The predicted molar refractivity (Wildman–Crippen MR) is 76.2 cm³/mol. The fourth-order valence-electron chi connectivity index (χ4n) is 2.03.